The maximum Gasteiger partial charge on any atom is 0.417 e. The third-order valence-electron chi connectivity index (χ3n) is 4.42. The summed E-state index contributed by atoms with van der Waals surface area (Å²) >= 11 is 12.2. The van der Waals surface area contributed by atoms with E-state index in [9.17, 15) is 18.4 Å². The summed E-state index contributed by atoms with van der Waals surface area (Å²) in [5, 5.41) is 10.4. The summed E-state index contributed by atoms with van der Waals surface area (Å²) in [6.07, 6.45) is -3.88. The first-order valence-electron chi connectivity index (χ1n) is 8.02. The lowest BCUT2D eigenvalue weighted by Gasteiger charge is -2.41. The summed E-state index contributed by atoms with van der Waals surface area (Å²) < 4.78 is 44.3. The van der Waals surface area contributed by atoms with E-state index in [-0.39, 0.29) is 10.7 Å². The molecule has 9 heteroatoms. The van der Waals surface area contributed by atoms with Crippen LogP contribution >= 0.6 is 23.2 Å². The second-order valence-electron chi connectivity index (χ2n) is 5.98. The number of nitrogens with zero attached hydrogens (tertiary/aromatic N) is 3. The van der Waals surface area contributed by atoms with Gasteiger partial charge in [0.25, 0.3) is 0 Å². The fourth-order valence-corrected chi connectivity index (χ4v) is 3.54. The van der Waals surface area contributed by atoms with Gasteiger partial charge in [0.05, 0.1) is 35.6 Å². The van der Waals surface area contributed by atoms with Gasteiger partial charge in [0.1, 0.15) is 0 Å². The Morgan fingerprint density at radius 1 is 1.07 bits per heavy atom. The molecule has 1 aromatic heterocycles. The monoisotopic (exact) mass is 415 g/mol. The van der Waals surface area contributed by atoms with E-state index in [0.29, 0.717) is 43.1 Å². The largest absolute Gasteiger partial charge is 0.417 e. The fourth-order valence-electron chi connectivity index (χ4n) is 3.11. The number of morpholine rings is 1. The molecule has 3 rings (SSSR count). The van der Waals surface area contributed by atoms with Crippen molar-refractivity contribution >= 4 is 23.2 Å². The molecule has 2 heterocycles. The van der Waals surface area contributed by atoms with Gasteiger partial charge in [-0.25, -0.2) is 0 Å². The Morgan fingerprint density at radius 2 is 1.70 bits per heavy atom. The van der Waals surface area contributed by atoms with Gasteiger partial charge in [0, 0.05) is 24.3 Å². The first-order valence-corrected chi connectivity index (χ1v) is 8.78. The molecule has 1 aliphatic rings. The van der Waals surface area contributed by atoms with Crippen molar-refractivity contribution in [3.8, 4) is 6.07 Å². The van der Waals surface area contributed by atoms with E-state index in [1.807, 2.05) is 0 Å². The molecule has 1 fully saturated rings. The van der Waals surface area contributed by atoms with Crippen molar-refractivity contribution in [3.63, 3.8) is 0 Å². The highest BCUT2D eigenvalue weighted by atomic mass is 35.5. The number of pyridine rings is 1. The van der Waals surface area contributed by atoms with E-state index in [1.165, 1.54) is 0 Å². The molecule has 27 heavy (non-hydrogen) atoms. The minimum absolute atomic E-state index is 0.0453. The highest BCUT2D eigenvalue weighted by molar-refractivity contribution is 6.31. The Labute approximate surface area is 164 Å². The molecule has 0 spiro atoms. The van der Waals surface area contributed by atoms with Gasteiger partial charge in [-0.2, -0.15) is 18.4 Å². The topological polar surface area (TPSA) is 49.2 Å². The maximum atomic E-state index is 13.0. The van der Waals surface area contributed by atoms with Gasteiger partial charge in [-0.3, -0.25) is 9.88 Å². The molecule has 1 aromatic carbocycles. The normalized spacial score (nSPS) is 17.9. The average molecular weight is 416 g/mol. The van der Waals surface area contributed by atoms with Crippen molar-refractivity contribution in [2.75, 3.05) is 26.3 Å². The van der Waals surface area contributed by atoms with E-state index in [2.05, 4.69) is 11.1 Å². The number of benzene rings is 1. The van der Waals surface area contributed by atoms with Crippen LogP contribution in [0.5, 0.6) is 0 Å². The van der Waals surface area contributed by atoms with Crippen LogP contribution in [0.3, 0.4) is 0 Å². The lowest BCUT2D eigenvalue weighted by Crippen LogP contribution is -2.52. The molecular weight excluding hydrogens is 402 g/mol. The molecular formula is C18H14Cl2F3N3O. The van der Waals surface area contributed by atoms with Crippen LogP contribution in [0.15, 0.2) is 36.5 Å². The number of halogens is 5. The smallest absolute Gasteiger partial charge is 0.379 e. The van der Waals surface area contributed by atoms with Gasteiger partial charge in [-0.05, 0) is 23.8 Å². The summed E-state index contributed by atoms with van der Waals surface area (Å²) in [6.45, 7) is 1.56. The zero-order valence-electron chi connectivity index (χ0n) is 13.9. The number of rotatable bonds is 3. The van der Waals surface area contributed by atoms with E-state index in [1.54, 1.807) is 29.2 Å². The third kappa shape index (κ3) is 3.76. The number of alkyl halides is 3. The molecule has 2 aromatic rings. The Bertz CT molecular complexity index is 862. The third-order valence-corrected chi connectivity index (χ3v) is 4.96. The summed E-state index contributed by atoms with van der Waals surface area (Å²) in [7, 11) is 0. The molecule has 1 saturated heterocycles. The van der Waals surface area contributed by atoms with E-state index >= 15 is 0 Å². The second-order valence-corrected chi connectivity index (χ2v) is 6.82. The van der Waals surface area contributed by atoms with Crippen LogP contribution in [0.1, 0.15) is 16.8 Å². The Kier molecular flexibility index (Phi) is 5.63. The average Bonchev–Trinajstić information content (AvgIpc) is 2.65. The zero-order chi connectivity index (χ0) is 19.7. The van der Waals surface area contributed by atoms with E-state index in [4.69, 9.17) is 27.9 Å². The predicted molar refractivity (Wildman–Crippen MR) is 94.5 cm³/mol. The molecule has 4 nitrogen and oxygen atoms in total. The highest BCUT2D eigenvalue weighted by Crippen LogP contribution is 2.40. The van der Waals surface area contributed by atoms with Crippen LogP contribution in [0, 0.1) is 11.3 Å². The highest BCUT2D eigenvalue weighted by Gasteiger charge is 2.45. The Hall–Kier alpha value is -1.85. The summed E-state index contributed by atoms with van der Waals surface area (Å²) in [4.78, 5) is 5.78. The molecule has 0 N–H and O–H groups in total. The van der Waals surface area contributed by atoms with Crippen molar-refractivity contribution in [2.24, 2.45) is 0 Å². The number of hydrogen-bond donors (Lipinski definition) is 0. The summed E-state index contributed by atoms with van der Waals surface area (Å²) in [6, 6.07) is 9.56. The molecule has 0 amide bonds. The molecule has 1 aliphatic heterocycles. The van der Waals surface area contributed by atoms with Crippen LogP contribution in [0.2, 0.25) is 10.0 Å². The number of aromatic nitrogens is 1. The van der Waals surface area contributed by atoms with Gasteiger partial charge >= 0.3 is 6.18 Å². The summed E-state index contributed by atoms with van der Waals surface area (Å²) in [5.74, 6) is 0. The van der Waals surface area contributed by atoms with Crippen LogP contribution < -0.4 is 0 Å². The number of nitriles is 1. The van der Waals surface area contributed by atoms with Crippen molar-refractivity contribution in [1.82, 2.24) is 9.88 Å². The van der Waals surface area contributed by atoms with Gasteiger partial charge < -0.3 is 4.74 Å². The van der Waals surface area contributed by atoms with Gasteiger partial charge in [0.2, 0.25) is 0 Å². The minimum Gasteiger partial charge on any atom is -0.379 e. The van der Waals surface area contributed by atoms with Gasteiger partial charge in [0.15, 0.2) is 5.54 Å². The number of hydrogen-bond acceptors (Lipinski definition) is 4. The van der Waals surface area contributed by atoms with Gasteiger partial charge in [-0.15, -0.1) is 0 Å². The van der Waals surface area contributed by atoms with Crippen molar-refractivity contribution in [1.29, 1.82) is 5.26 Å². The predicted octanol–water partition coefficient (Wildman–Crippen LogP) is 4.51. The minimum atomic E-state index is -4.58. The molecule has 0 saturated carbocycles. The first-order chi connectivity index (χ1) is 12.8. The quantitative estimate of drug-likeness (QED) is 0.739. The van der Waals surface area contributed by atoms with Crippen molar-refractivity contribution < 1.29 is 17.9 Å². The van der Waals surface area contributed by atoms with Crippen LogP contribution in [0.4, 0.5) is 13.2 Å². The second kappa shape index (κ2) is 7.64. The molecule has 0 bridgehead atoms. The standard InChI is InChI=1S/C18H14Cl2F3N3O/c19-14-3-1-12(2-4-14)17(11-24,26-5-7-27-8-6-26)16-15(20)9-13(10-25-16)18(21,22)23/h1-4,9-10H,5-8H2/t17-/m0/s1. The Morgan fingerprint density at radius 3 is 2.22 bits per heavy atom. The molecule has 142 valence electrons. The fraction of sp³-hybridized carbons (Fsp3) is 0.333. The van der Waals surface area contributed by atoms with Crippen molar-refractivity contribution in [2.45, 2.75) is 11.7 Å². The summed E-state index contributed by atoms with van der Waals surface area (Å²) in [5.41, 5.74) is -1.87. The number of ether oxygens (including phenoxy) is 1. The Balaban J connectivity index is 2.21. The lowest BCUT2D eigenvalue weighted by molar-refractivity contribution is -0.137. The molecule has 0 unspecified atom stereocenters. The lowest BCUT2D eigenvalue weighted by atomic mass is 9.85. The van der Waals surface area contributed by atoms with Crippen LogP contribution in [-0.4, -0.2) is 36.2 Å². The molecule has 0 aliphatic carbocycles. The molecule has 1 atom stereocenters. The zero-order valence-corrected chi connectivity index (χ0v) is 15.4. The molecule has 0 radical (unpaired) electrons. The van der Waals surface area contributed by atoms with Crippen LogP contribution in [0.25, 0.3) is 0 Å². The van der Waals surface area contributed by atoms with Gasteiger partial charge in [-0.1, -0.05) is 35.3 Å². The van der Waals surface area contributed by atoms with E-state index < -0.39 is 17.3 Å². The van der Waals surface area contributed by atoms with Crippen LogP contribution in [-0.2, 0) is 16.5 Å². The van der Waals surface area contributed by atoms with Crippen molar-refractivity contribution in [3.05, 3.63) is 63.4 Å². The van der Waals surface area contributed by atoms with E-state index in [0.717, 1.165) is 6.07 Å². The first kappa shape index (κ1) is 19.9. The SMILES string of the molecule is N#C[C@](c1ccc(Cl)cc1)(c1ncc(C(F)(F)F)cc1Cl)N1CCOCC1. The maximum absolute atomic E-state index is 13.0.